The molecule has 0 aliphatic heterocycles. The van der Waals surface area contributed by atoms with Crippen molar-refractivity contribution >= 4 is 33.8 Å². The van der Waals surface area contributed by atoms with Gasteiger partial charge in [-0.2, -0.15) is 13.5 Å². The molecule has 3 aromatic carbocycles. The number of amides is 1. The number of para-hydroxylation sites is 1. The lowest BCUT2D eigenvalue weighted by molar-refractivity contribution is -0.120. The molecule has 0 heterocycles. The minimum atomic E-state index is -4.11. The molecule has 0 aliphatic rings. The first-order valence-corrected chi connectivity index (χ1v) is 11.3. The summed E-state index contributed by atoms with van der Waals surface area (Å²) < 4.78 is 35.7. The molecule has 32 heavy (non-hydrogen) atoms. The van der Waals surface area contributed by atoms with Crippen LogP contribution in [-0.2, 0) is 21.3 Å². The summed E-state index contributed by atoms with van der Waals surface area (Å²) in [7, 11) is -2.56. The fourth-order valence-electron chi connectivity index (χ4n) is 2.76. The molecule has 0 fully saturated rings. The highest BCUT2D eigenvalue weighted by Gasteiger charge is 2.20. The first-order valence-electron chi connectivity index (χ1n) is 9.53. The molecule has 0 aromatic heterocycles. The highest BCUT2D eigenvalue weighted by atomic mass is 35.5. The Balaban J connectivity index is 1.73. The molecule has 0 atom stereocenters. The molecule has 0 saturated heterocycles. The van der Waals surface area contributed by atoms with Crippen molar-refractivity contribution in [3.05, 3.63) is 88.4 Å². The average molecular weight is 473 g/mol. The minimum Gasteiger partial charge on any atom is -0.497 e. The second-order valence-corrected chi connectivity index (χ2v) is 8.78. The second kappa shape index (κ2) is 10.3. The normalized spacial score (nSPS) is 11.3. The van der Waals surface area contributed by atoms with Crippen LogP contribution in [0.15, 0.2) is 76.7 Å². The van der Waals surface area contributed by atoms with Crippen LogP contribution in [0.4, 0.5) is 0 Å². The van der Waals surface area contributed by atoms with E-state index in [0.717, 1.165) is 11.1 Å². The van der Waals surface area contributed by atoms with Crippen LogP contribution in [0, 0.1) is 6.92 Å². The zero-order chi connectivity index (χ0) is 23.1. The van der Waals surface area contributed by atoms with Crippen LogP contribution in [0.5, 0.6) is 11.5 Å². The molecule has 3 aromatic rings. The molecule has 3 rings (SSSR count). The second-order valence-electron chi connectivity index (χ2n) is 6.83. The summed E-state index contributed by atoms with van der Waals surface area (Å²) in [5, 5.41) is 4.00. The maximum absolute atomic E-state index is 12.6. The number of halogens is 1. The van der Waals surface area contributed by atoms with Gasteiger partial charge in [0.15, 0.2) is 5.75 Å². The Hall–Kier alpha value is -3.36. The van der Waals surface area contributed by atoms with Gasteiger partial charge in [-0.15, -0.1) is 0 Å². The standard InChI is InChI=1S/C23H21ClN2O5S/c1-16-9-11-20(12-10-16)32(28,29)31-23-18(6-4-8-21(23)24)15-25-26-22(27)14-17-5-3-7-19(13-17)30-2/h3-13,15H,14H2,1-2H3,(H,26,27). The number of ether oxygens (including phenoxy) is 1. The number of nitrogens with zero attached hydrogens (tertiary/aromatic N) is 1. The summed E-state index contributed by atoms with van der Waals surface area (Å²) in [4.78, 5) is 12.2. The molecule has 0 unspecified atom stereocenters. The smallest absolute Gasteiger partial charge is 0.339 e. The molecule has 9 heteroatoms. The molecule has 166 valence electrons. The molecule has 0 spiro atoms. The van der Waals surface area contributed by atoms with Crippen LogP contribution in [0.2, 0.25) is 5.02 Å². The predicted octanol–water partition coefficient (Wildman–Crippen LogP) is 4.12. The lowest BCUT2D eigenvalue weighted by atomic mass is 10.1. The fraction of sp³-hybridized carbons (Fsp3) is 0.130. The van der Waals surface area contributed by atoms with Crippen molar-refractivity contribution in [2.24, 2.45) is 5.10 Å². The summed E-state index contributed by atoms with van der Waals surface area (Å²) in [6.45, 7) is 1.85. The van der Waals surface area contributed by atoms with Gasteiger partial charge in [0.05, 0.1) is 24.8 Å². The summed E-state index contributed by atoms with van der Waals surface area (Å²) in [6, 6.07) is 18.1. The number of hydrogen-bond acceptors (Lipinski definition) is 6. The maximum Gasteiger partial charge on any atom is 0.339 e. The molecule has 1 N–H and O–H groups in total. The van der Waals surface area contributed by atoms with Crippen molar-refractivity contribution in [1.29, 1.82) is 0 Å². The lowest BCUT2D eigenvalue weighted by Gasteiger charge is -2.11. The molecule has 0 bridgehead atoms. The van der Waals surface area contributed by atoms with Crippen molar-refractivity contribution in [2.45, 2.75) is 18.2 Å². The summed E-state index contributed by atoms with van der Waals surface area (Å²) in [6.07, 6.45) is 1.37. The number of hydrogen-bond donors (Lipinski definition) is 1. The molecule has 0 aliphatic carbocycles. The number of hydrazone groups is 1. The fourth-order valence-corrected chi connectivity index (χ4v) is 4.00. The first-order chi connectivity index (χ1) is 15.3. The Bertz CT molecular complexity index is 1240. The van der Waals surface area contributed by atoms with E-state index in [1.165, 1.54) is 24.4 Å². The van der Waals surface area contributed by atoms with E-state index in [2.05, 4.69) is 10.5 Å². The van der Waals surface area contributed by atoms with E-state index in [4.69, 9.17) is 20.5 Å². The van der Waals surface area contributed by atoms with E-state index in [9.17, 15) is 13.2 Å². The Kier molecular flexibility index (Phi) is 7.50. The number of carbonyl (C=O) groups is 1. The van der Waals surface area contributed by atoms with Crippen LogP contribution in [0.3, 0.4) is 0 Å². The van der Waals surface area contributed by atoms with Gasteiger partial charge in [-0.05, 0) is 48.9 Å². The van der Waals surface area contributed by atoms with Crippen LogP contribution in [-0.4, -0.2) is 27.6 Å². The van der Waals surface area contributed by atoms with Crippen molar-refractivity contribution in [1.82, 2.24) is 5.43 Å². The van der Waals surface area contributed by atoms with E-state index in [1.54, 1.807) is 55.6 Å². The van der Waals surface area contributed by atoms with E-state index in [1.807, 2.05) is 6.92 Å². The monoisotopic (exact) mass is 472 g/mol. The van der Waals surface area contributed by atoms with Crippen LogP contribution in [0.1, 0.15) is 16.7 Å². The Morgan fingerprint density at radius 2 is 1.81 bits per heavy atom. The maximum atomic E-state index is 12.6. The topological polar surface area (TPSA) is 94.1 Å². The van der Waals surface area contributed by atoms with Gasteiger partial charge < -0.3 is 8.92 Å². The van der Waals surface area contributed by atoms with Crippen LogP contribution >= 0.6 is 11.6 Å². The third-order valence-electron chi connectivity index (χ3n) is 4.39. The predicted molar refractivity (Wildman–Crippen MR) is 123 cm³/mol. The third kappa shape index (κ3) is 6.09. The van der Waals surface area contributed by atoms with Gasteiger partial charge in [-0.3, -0.25) is 4.79 Å². The number of methoxy groups -OCH3 is 1. The average Bonchev–Trinajstić information content (AvgIpc) is 2.76. The Morgan fingerprint density at radius 1 is 1.09 bits per heavy atom. The van der Waals surface area contributed by atoms with E-state index in [-0.39, 0.29) is 33.6 Å². The van der Waals surface area contributed by atoms with Crippen molar-refractivity contribution in [3.63, 3.8) is 0 Å². The molecule has 0 radical (unpaired) electrons. The Labute approximate surface area is 191 Å². The van der Waals surface area contributed by atoms with E-state index >= 15 is 0 Å². The summed E-state index contributed by atoms with van der Waals surface area (Å²) >= 11 is 6.18. The quantitative estimate of drug-likeness (QED) is 0.302. The number of carbonyl (C=O) groups excluding carboxylic acids is 1. The molecular formula is C23H21ClN2O5S. The van der Waals surface area contributed by atoms with Crippen molar-refractivity contribution in [2.75, 3.05) is 7.11 Å². The van der Waals surface area contributed by atoms with Gasteiger partial charge in [-0.1, -0.05) is 47.5 Å². The number of nitrogens with one attached hydrogen (secondary N) is 1. The van der Waals surface area contributed by atoms with Crippen molar-refractivity contribution < 1.29 is 22.1 Å². The zero-order valence-electron chi connectivity index (χ0n) is 17.4. The van der Waals surface area contributed by atoms with Gasteiger partial charge in [0.2, 0.25) is 5.91 Å². The molecule has 1 amide bonds. The van der Waals surface area contributed by atoms with Gasteiger partial charge in [-0.25, -0.2) is 5.43 Å². The summed E-state index contributed by atoms with van der Waals surface area (Å²) in [5.74, 6) is 0.209. The summed E-state index contributed by atoms with van der Waals surface area (Å²) in [5.41, 5.74) is 4.37. The molecule has 7 nitrogen and oxygen atoms in total. The molecule has 0 saturated carbocycles. The van der Waals surface area contributed by atoms with Crippen LogP contribution < -0.4 is 14.3 Å². The van der Waals surface area contributed by atoms with E-state index in [0.29, 0.717) is 5.75 Å². The third-order valence-corrected chi connectivity index (χ3v) is 5.93. The first kappa shape index (κ1) is 23.3. The highest BCUT2D eigenvalue weighted by molar-refractivity contribution is 7.87. The van der Waals surface area contributed by atoms with Gasteiger partial charge in [0.1, 0.15) is 10.6 Å². The zero-order valence-corrected chi connectivity index (χ0v) is 19.0. The number of benzene rings is 3. The van der Waals surface area contributed by atoms with E-state index < -0.39 is 10.1 Å². The lowest BCUT2D eigenvalue weighted by Crippen LogP contribution is -2.20. The Morgan fingerprint density at radius 3 is 2.53 bits per heavy atom. The van der Waals surface area contributed by atoms with Crippen LogP contribution in [0.25, 0.3) is 0 Å². The molecular weight excluding hydrogens is 452 g/mol. The van der Waals surface area contributed by atoms with Gasteiger partial charge in [0.25, 0.3) is 0 Å². The largest absolute Gasteiger partial charge is 0.497 e. The van der Waals surface area contributed by atoms with Crippen molar-refractivity contribution in [3.8, 4) is 11.5 Å². The number of aryl methyl sites for hydroxylation is 1. The van der Waals surface area contributed by atoms with Gasteiger partial charge in [0, 0.05) is 5.56 Å². The highest BCUT2D eigenvalue weighted by Crippen LogP contribution is 2.30. The SMILES string of the molecule is COc1cccc(CC(=O)NN=Cc2cccc(Cl)c2OS(=O)(=O)c2ccc(C)cc2)c1. The van der Waals surface area contributed by atoms with Gasteiger partial charge >= 0.3 is 10.1 Å². The minimum absolute atomic E-state index is 0.00231. The number of rotatable bonds is 8.